The van der Waals surface area contributed by atoms with Gasteiger partial charge in [0.1, 0.15) is 11.4 Å². The van der Waals surface area contributed by atoms with Gasteiger partial charge in [-0.2, -0.15) is 0 Å². The molecule has 0 aromatic carbocycles. The van der Waals surface area contributed by atoms with Crippen LogP contribution in [0.1, 0.15) is 33.6 Å². The van der Waals surface area contributed by atoms with Gasteiger partial charge < -0.3 is 19.7 Å². The highest BCUT2D eigenvalue weighted by Crippen LogP contribution is 2.66. The molecule has 19 heavy (non-hydrogen) atoms. The molecule has 1 spiro atoms. The molecule has 2 aliphatic heterocycles. The number of fused-ring (bicyclic) bond motifs is 1. The third-order valence-electron chi connectivity index (χ3n) is 5.71. The normalized spacial score (nSPS) is 50.8. The van der Waals surface area contributed by atoms with Crippen LogP contribution in [0, 0.1) is 16.7 Å². The van der Waals surface area contributed by atoms with E-state index in [1.807, 2.05) is 13.0 Å². The molecule has 0 aromatic heterocycles. The van der Waals surface area contributed by atoms with Gasteiger partial charge in [-0.05, 0) is 24.3 Å². The van der Waals surface area contributed by atoms with Crippen molar-refractivity contribution in [2.24, 2.45) is 16.7 Å². The molecule has 3 rings (SSSR count). The molecular weight excluding hydrogens is 244 g/mol. The van der Waals surface area contributed by atoms with Crippen LogP contribution in [-0.4, -0.2) is 41.7 Å². The number of ether oxygens (including phenoxy) is 2. The predicted octanol–water partition coefficient (Wildman–Crippen LogP) is 1.46. The van der Waals surface area contributed by atoms with Crippen molar-refractivity contribution in [3.05, 3.63) is 11.8 Å². The first kappa shape index (κ1) is 13.4. The Bertz CT molecular complexity index is 430. The first-order chi connectivity index (χ1) is 8.80. The molecule has 4 heteroatoms. The highest BCUT2D eigenvalue weighted by atomic mass is 16.5. The second-order valence-corrected chi connectivity index (χ2v) is 7.28. The number of hydrogen-bond acceptors (Lipinski definition) is 4. The van der Waals surface area contributed by atoms with Gasteiger partial charge in [-0.1, -0.05) is 20.8 Å². The lowest BCUT2D eigenvalue weighted by atomic mass is 9.45. The van der Waals surface area contributed by atoms with Crippen LogP contribution in [0.2, 0.25) is 0 Å². The lowest BCUT2D eigenvalue weighted by Crippen LogP contribution is -2.76. The van der Waals surface area contributed by atoms with Crippen molar-refractivity contribution < 1.29 is 19.7 Å². The fourth-order valence-electron chi connectivity index (χ4n) is 4.40. The molecule has 2 N–H and O–H groups in total. The first-order valence-corrected chi connectivity index (χ1v) is 7.03. The van der Waals surface area contributed by atoms with Gasteiger partial charge in [0.25, 0.3) is 0 Å². The zero-order chi connectivity index (χ0) is 14.1. The molecule has 2 heterocycles. The van der Waals surface area contributed by atoms with Gasteiger partial charge in [0, 0.05) is 11.3 Å². The zero-order valence-corrected chi connectivity index (χ0v) is 12.1. The van der Waals surface area contributed by atoms with E-state index >= 15 is 0 Å². The predicted molar refractivity (Wildman–Crippen MR) is 70.4 cm³/mol. The standard InChI is InChI=1S/C15H24O4/c1-13(2)6-9-10(18-4)5-12-14(3,8-16)7-11(17)15(9,13)19-12/h5,9,11-12,16-17H,6-8H2,1-4H3/t9-,11-,12-,14-,15-/m1/s1. The highest BCUT2D eigenvalue weighted by molar-refractivity contribution is 5.30. The van der Waals surface area contributed by atoms with Crippen LogP contribution in [-0.2, 0) is 9.47 Å². The van der Waals surface area contributed by atoms with Crippen molar-refractivity contribution in [2.45, 2.75) is 51.4 Å². The summed E-state index contributed by atoms with van der Waals surface area (Å²) in [5.41, 5.74) is -1.05. The average molecular weight is 268 g/mol. The smallest absolute Gasteiger partial charge is 0.110 e. The van der Waals surface area contributed by atoms with E-state index in [0.29, 0.717) is 6.42 Å². The summed E-state index contributed by atoms with van der Waals surface area (Å²) in [6, 6.07) is 0. The third kappa shape index (κ3) is 1.40. The molecule has 4 nitrogen and oxygen atoms in total. The average Bonchev–Trinajstić information content (AvgIpc) is 2.36. The van der Waals surface area contributed by atoms with Gasteiger partial charge in [0.2, 0.25) is 0 Å². The largest absolute Gasteiger partial charge is 0.501 e. The van der Waals surface area contributed by atoms with Crippen molar-refractivity contribution in [3.63, 3.8) is 0 Å². The Morgan fingerprint density at radius 1 is 1.37 bits per heavy atom. The highest BCUT2D eigenvalue weighted by Gasteiger charge is 2.72. The summed E-state index contributed by atoms with van der Waals surface area (Å²) < 4.78 is 11.8. The molecule has 5 atom stereocenters. The second-order valence-electron chi connectivity index (χ2n) is 7.28. The van der Waals surface area contributed by atoms with Crippen LogP contribution < -0.4 is 0 Å². The first-order valence-electron chi connectivity index (χ1n) is 7.03. The van der Waals surface area contributed by atoms with Gasteiger partial charge in [-0.15, -0.1) is 0 Å². The quantitative estimate of drug-likeness (QED) is 0.796. The summed E-state index contributed by atoms with van der Waals surface area (Å²) in [6.07, 6.45) is 2.79. The maximum absolute atomic E-state index is 10.7. The van der Waals surface area contributed by atoms with Crippen LogP contribution in [0.25, 0.3) is 0 Å². The van der Waals surface area contributed by atoms with E-state index < -0.39 is 17.1 Å². The van der Waals surface area contributed by atoms with E-state index in [0.717, 1.165) is 12.2 Å². The zero-order valence-electron chi connectivity index (χ0n) is 12.1. The van der Waals surface area contributed by atoms with Crippen LogP contribution in [0.3, 0.4) is 0 Å². The molecule has 1 saturated heterocycles. The van der Waals surface area contributed by atoms with Crippen molar-refractivity contribution in [3.8, 4) is 0 Å². The number of aliphatic hydroxyl groups is 2. The minimum absolute atomic E-state index is 0.00337. The van der Waals surface area contributed by atoms with Gasteiger partial charge in [-0.25, -0.2) is 0 Å². The number of aliphatic hydroxyl groups excluding tert-OH is 2. The van der Waals surface area contributed by atoms with Crippen LogP contribution in [0.4, 0.5) is 0 Å². The van der Waals surface area contributed by atoms with Crippen LogP contribution >= 0.6 is 0 Å². The molecule has 1 aliphatic carbocycles. The molecule has 0 unspecified atom stereocenters. The SMILES string of the molecule is COC1=C[C@H]2O[C@@]3([C@H](O)C[C@]2(C)CO)[C@@H]1CC3(C)C. The Hall–Kier alpha value is -0.580. The third-order valence-corrected chi connectivity index (χ3v) is 5.71. The Morgan fingerprint density at radius 2 is 2.05 bits per heavy atom. The van der Waals surface area contributed by atoms with E-state index in [9.17, 15) is 10.2 Å². The molecule has 0 radical (unpaired) electrons. The maximum Gasteiger partial charge on any atom is 0.110 e. The minimum Gasteiger partial charge on any atom is -0.501 e. The number of methoxy groups -OCH3 is 1. The Kier molecular flexibility index (Phi) is 2.64. The molecule has 108 valence electrons. The van der Waals surface area contributed by atoms with Crippen molar-refractivity contribution in [1.29, 1.82) is 0 Å². The number of rotatable bonds is 2. The fourth-order valence-corrected chi connectivity index (χ4v) is 4.40. The second kappa shape index (κ2) is 3.74. The minimum atomic E-state index is -0.562. The lowest BCUT2D eigenvalue weighted by molar-refractivity contribution is -0.341. The summed E-state index contributed by atoms with van der Waals surface area (Å²) in [5, 5.41) is 20.4. The van der Waals surface area contributed by atoms with E-state index in [2.05, 4.69) is 13.8 Å². The molecule has 2 fully saturated rings. The molecule has 2 bridgehead atoms. The number of hydrogen-bond donors (Lipinski definition) is 2. The van der Waals surface area contributed by atoms with Crippen LogP contribution in [0.15, 0.2) is 11.8 Å². The molecule has 0 amide bonds. The monoisotopic (exact) mass is 268 g/mol. The topological polar surface area (TPSA) is 58.9 Å². The van der Waals surface area contributed by atoms with E-state index in [-0.39, 0.29) is 24.0 Å². The van der Waals surface area contributed by atoms with E-state index in [4.69, 9.17) is 9.47 Å². The lowest BCUT2D eigenvalue weighted by Gasteiger charge is -2.69. The van der Waals surface area contributed by atoms with Gasteiger partial charge >= 0.3 is 0 Å². The van der Waals surface area contributed by atoms with Gasteiger partial charge in [0.05, 0.1) is 25.9 Å². The summed E-state index contributed by atoms with van der Waals surface area (Å²) in [4.78, 5) is 0. The van der Waals surface area contributed by atoms with Crippen molar-refractivity contribution >= 4 is 0 Å². The van der Waals surface area contributed by atoms with E-state index in [1.54, 1.807) is 7.11 Å². The van der Waals surface area contributed by atoms with Gasteiger partial charge in [-0.3, -0.25) is 0 Å². The summed E-state index contributed by atoms with van der Waals surface area (Å²) >= 11 is 0. The summed E-state index contributed by atoms with van der Waals surface area (Å²) in [6.45, 7) is 6.25. The Labute approximate surface area is 114 Å². The Morgan fingerprint density at radius 3 is 2.58 bits per heavy atom. The summed E-state index contributed by atoms with van der Waals surface area (Å²) in [5.74, 6) is 1.05. The van der Waals surface area contributed by atoms with Crippen LogP contribution in [0.5, 0.6) is 0 Å². The maximum atomic E-state index is 10.7. The molecule has 0 aromatic rings. The van der Waals surface area contributed by atoms with Gasteiger partial charge in [0.15, 0.2) is 0 Å². The fraction of sp³-hybridized carbons (Fsp3) is 0.867. The van der Waals surface area contributed by atoms with E-state index in [1.165, 1.54) is 0 Å². The van der Waals surface area contributed by atoms with Crippen molar-refractivity contribution in [2.75, 3.05) is 13.7 Å². The molecule has 3 aliphatic rings. The summed E-state index contributed by atoms with van der Waals surface area (Å²) in [7, 11) is 1.68. The van der Waals surface area contributed by atoms with Crippen molar-refractivity contribution in [1.82, 2.24) is 0 Å². The molecular formula is C15H24O4. The molecule has 1 saturated carbocycles. The Balaban J connectivity index is 2.08.